The van der Waals surface area contributed by atoms with Gasteiger partial charge in [0.15, 0.2) is 0 Å². The molecule has 2 aromatic rings. The first-order valence-corrected chi connectivity index (χ1v) is 13.8. The van der Waals surface area contributed by atoms with E-state index in [0.29, 0.717) is 19.4 Å². The summed E-state index contributed by atoms with van der Waals surface area (Å²) in [5.41, 5.74) is 13.4. The Morgan fingerprint density at radius 2 is 1.51 bits per heavy atom. The number of H-pyrrole nitrogens is 1. The topological polar surface area (TPSA) is 230 Å². The molecule has 0 saturated heterocycles. The Hall–Kier alpha value is -3.97. The Balaban J connectivity index is 2.13. The van der Waals surface area contributed by atoms with E-state index in [1.165, 1.54) is 0 Å². The summed E-state index contributed by atoms with van der Waals surface area (Å²) < 4.78 is 0. The molecule has 2 rings (SSSR count). The van der Waals surface area contributed by atoms with E-state index < -0.39 is 60.2 Å². The number of aromatic nitrogens is 1. The lowest BCUT2D eigenvalue weighted by Gasteiger charge is -2.26. The van der Waals surface area contributed by atoms with E-state index in [1.54, 1.807) is 6.20 Å². The molecule has 1 heterocycles. The van der Waals surface area contributed by atoms with Gasteiger partial charge in [0.2, 0.25) is 17.7 Å². The van der Waals surface area contributed by atoms with Gasteiger partial charge in [-0.3, -0.25) is 19.2 Å². The van der Waals surface area contributed by atoms with Crippen LogP contribution in [0.15, 0.2) is 30.5 Å². The molecule has 1 aromatic heterocycles. The normalized spacial score (nSPS) is 14.2. The van der Waals surface area contributed by atoms with Gasteiger partial charge in [-0.25, -0.2) is 4.79 Å². The molecule has 0 aliphatic heterocycles. The van der Waals surface area contributed by atoms with E-state index in [4.69, 9.17) is 16.6 Å². The molecule has 13 heteroatoms. The van der Waals surface area contributed by atoms with Crippen molar-refractivity contribution in [2.75, 3.05) is 6.54 Å². The van der Waals surface area contributed by atoms with Crippen molar-refractivity contribution in [1.82, 2.24) is 20.9 Å². The fourth-order valence-corrected chi connectivity index (χ4v) is 4.44. The molecule has 0 saturated carbocycles. The van der Waals surface area contributed by atoms with Gasteiger partial charge in [0, 0.05) is 23.5 Å². The van der Waals surface area contributed by atoms with Crippen LogP contribution >= 0.6 is 0 Å². The van der Waals surface area contributed by atoms with E-state index in [-0.39, 0.29) is 31.6 Å². The molecule has 3 amide bonds. The number of carboxylic acids is 2. The number of para-hydroxylation sites is 1. The number of hydrogen-bond donors (Lipinski definition) is 8. The van der Waals surface area contributed by atoms with E-state index in [0.717, 1.165) is 16.5 Å². The number of amides is 3. The fraction of sp³-hybridized carbons (Fsp3) is 0.536. The molecule has 0 fully saturated rings. The first-order chi connectivity index (χ1) is 19.4. The monoisotopic (exact) mass is 574 g/mol. The maximum absolute atomic E-state index is 13.3. The van der Waals surface area contributed by atoms with Gasteiger partial charge in [0.05, 0.1) is 6.04 Å². The number of carbonyl (C=O) groups excluding carboxylic acids is 3. The van der Waals surface area contributed by atoms with Crippen molar-refractivity contribution < 1.29 is 34.2 Å². The number of fused-ring (bicyclic) bond motifs is 1. The van der Waals surface area contributed by atoms with Crippen molar-refractivity contribution in [1.29, 1.82) is 0 Å². The zero-order valence-corrected chi connectivity index (χ0v) is 23.5. The molecule has 1 aromatic carbocycles. The minimum atomic E-state index is -1.33. The SMILES string of the molecule is CC(C)CC(NC(=O)C(N)Cc1c[nH]c2ccccc12)C(=O)NC(CCC(=O)O)C(=O)NC(CCCCN)C(=O)O. The zero-order chi connectivity index (χ0) is 30.5. The third-order valence-corrected chi connectivity index (χ3v) is 6.63. The lowest BCUT2D eigenvalue weighted by atomic mass is 10.0. The van der Waals surface area contributed by atoms with Gasteiger partial charge in [-0.15, -0.1) is 0 Å². The van der Waals surface area contributed by atoms with Crippen LogP contribution in [0.25, 0.3) is 10.9 Å². The van der Waals surface area contributed by atoms with E-state index in [1.807, 2.05) is 38.1 Å². The summed E-state index contributed by atoms with van der Waals surface area (Å²) in [4.78, 5) is 65.3. The Morgan fingerprint density at radius 3 is 2.15 bits per heavy atom. The Bertz CT molecular complexity index is 1200. The summed E-state index contributed by atoms with van der Waals surface area (Å²) >= 11 is 0. The predicted molar refractivity (Wildman–Crippen MR) is 153 cm³/mol. The summed E-state index contributed by atoms with van der Waals surface area (Å²) in [6, 6.07) is 3.00. The van der Waals surface area contributed by atoms with Crippen molar-refractivity contribution in [3.05, 3.63) is 36.0 Å². The van der Waals surface area contributed by atoms with Crippen LogP contribution in [-0.2, 0) is 30.4 Å². The fourth-order valence-electron chi connectivity index (χ4n) is 4.44. The van der Waals surface area contributed by atoms with Crippen molar-refractivity contribution in [3.63, 3.8) is 0 Å². The highest BCUT2D eigenvalue weighted by atomic mass is 16.4. The minimum Gasteiger partial charge on any atom is -0.481 e. The van der Waals surface area contributed by atoms with Gasteiger partial charge >= 0.3 is 11.9 Å². The third kappa shape index (κ3) is 10.8. The molecule has 0 aliphatic carbocycles. The number of unbranched alkanes of at least 4 members (excludes halogenated alkanes) is 1. The molecule has 0 radical (unpaired) electrons. The smallest absolute Gasteiger partial charge is 0.326 e. The van der Waals surface area contributed by atoms with Crippen LogP contribution < -0.4 is 27.4 Å². The van der Waals surface area contributed by atoms with Crippen LogP contribution in [0.3, 0.4) is 0 Å². The number of benzene rings is 1. The van der Waals surface area contributed by atoms with Crippen LogP contribution in [0.5, 0.6) is 0 Å². The van der Waals surface area contributed by atoms with Crippen LogP contribution in [0, 0.1) is 5.92 Å². The molecule has 4 atom stereocenters. The largest absolute Gasteiger partial charge is 0.481 e. The van der Waals surface area contributed by atoms with Crippen LogP contribution in [-0.4, -0.2) is 75.6 Å². The molecule has 13 nitrogen and oxygen atoms in total. The average molecular weight is 575 g/mol. The Kier molecular flexibility index (Phi) is 13.2. The number of aromatic amines is 1. The summed E-state index contributed by atoms with van der Waals surface area (Å²) in [5.74, 6) is -4.57. The standard InChI is InChI=1S/C28H42N6O7/c1-16(2)13-23(34-25(37)19(30)14-17-15-31-20-8-4-3-7-18(17)20)27(39)32-21(10-11-24(35)36)26(38)33-22(28(40)41)9-5-6-12-29/h3-4,7-8,15-16,19,21-23,31H,5-6,9-14,29-30H2,1-2H3,(H,32,39)(H,33,38)(H,34,37)(H,35,36)(H,40,41). The maximum Gasteiger partial charge on any atom is 0.326 e. The Labute approximate surface area is 238 Å². The number of carbonyl (C=O) groups is 5. The predicted octanol–water partition coefficient (Wildman–Crippen LogP) is 0.617. The van der Waals surface area contributed by atoms with Gasteiger partial charge < -0.3 is 42.6 Å². The molecule has 4 unspecified atom stereocenters. The summed E-state index contributed by atoms with van der Waals surface area (Å²) in [5, 5.41) is 27.2. The average Bonchev–Trinajstić information content (AvgIpc) is 3.32. The second kappa shape index (κ2) is 16.3. The molecular formula is C28H42N6O7. The molecule has 10 N–H and O–H groups in total. The second-order valence-electron chi connectivity index (χ2n) is 10.5. The highest BCUT2D eigenvalue weighted by molar-refractivity contribution is 5.94. The lowest BCUT2D eigenvalue weighted by molar-refractivity contribution is -0.143. The number of hydrogen-bond acceptors (Lipinski definition) is 7. The molecule has 0 spiro atoms. The molecular weight excluding hydrogens is 532 g/mol. The van der Waals surface area contributed by atoms with Gasteiger partial charge in [-0.05, 0) is 62.6 Å². The molecule has 226 valence electrons. The lowest BCUT2D eigenvalue weighted by Crippen LogP contribution is -2.57. The van der Waals surface area contributed by atoms with Gasteiger partial charge in [-0.2, -0.15) is 0 Å². The van der Waals surface area contributed by atoms with E-state index in [9.17, 15) is 29.1 Å². The summed E-state index contributed by atoms with van der Waals surface area (Å²) in [6.45, 7) is 4.07. The van der Waals surface area contributed by atoms with Crippen LogP contribution in [0.2, 0.25) is 0 Å². The molecule has 41 heavy (non-hydrogen) atoms. The number of carboxylic acid groups (broad SMARTS) is 2. The number of nitrogens with one attached hydrogen (secondary N) is 4. The second-order valence-corrected chi connectivity index (χ2v) is 10.5. The van der Waals surface area contributed by atoms with Gasteiger partial charge in [0.25, 0.3) is 0 Å². The number of rotatable bonds is 18. The number of aliphatic carboxylic acids is 2. The zero-order valence-electron chi connectivity index (χ0n) is 23.5. The first-order valence-electron chi connectivity index (χ1n) is 13.8. The third-order valence-electron chi connectivity index (χ3n) is 6.63. The quantitative estimate of drug-likeness (QED) is 0.116. The van der Waals surface area contributed by atoms with Crippen molar-refractivity contribution in [3.8, 4) is 0 Å². The van der Waals surface area contributed by atoms with Crippen molar-refractivity contribution in [2.24, 2.45) is 17.4 Å². The van der Waals surface area contributed by atoms with Gasteiger partial charge in [0.1, 0.15) is 18.1 Å². The number of nitrogens with two attached hydrogens (primary N) is 2. The maximum atomic E-state index is 13.3. The summed E-state index contributed by atoms with van der Waals surface area (Å²) in [7, 11) is 0. The molecule has 0 bridgehead atoms. The van der Waals surface area contributed by atoms with Gasteiger partial charge in [-0.1, -0.05) is 32.0 Å². The highest BCUT2D eigenvalue weighted by Crippen LogP contribution is 2.19. The van der Waals surface area contributed by atoms with Crippen molar-refractivity contribution >= 4 is 40.6 Å². The van der Waals surface area contributed by atoms with Crippen LogP contribution in [0.4, 0.5) is 0 Å². The van der Waals surface area contributed by atoms with E-state index in [2.05, 4.69) is 20.9 Å². The molecule has 0 aliphatic rings. The summed E-state index contributed by atoms with van der Waals surface area (Å²) in [6.07, 6.45) is 2.65. The highest BCUT2D eigenvalue weighted by Gasteiger charge is 2.31. The first kappa shape index (κ1) is 33.2. The minimum absolute atomic E-state index is 0.0267. The van der Waals surface area contributed by atoms with Crippen molar-refractivity contribution in [2.45, 2.75) is 83.0 Å². The van der Waals surface area contributed by atoms with E-state index >= 15 is 0 Å². The van der Waals surface area contributed by atoms with Crippen LogP contribution in [0.1, 0.15) is 57.9 Å². The Morgan fingerprint density at radius 1 is 0.878 bits per heavy atom.